The van der Waals surface area contributed by atoms with Gasteiger partial charge in [-0.1, -0.05) is 17.7 Å². The fraction of sp³-hybridized carbons (Fsp3) is 0.222. The highest BCUT2D eigenvalue weighted by molar-refractivity contribution is 8.01. The first kappa shape index (κ1) is 12.4. The molecule has 82 valence electrons. The second kappa shape index (κ2) is 5.44. The average molecular weight is 265 g/mol. The van der Waals surface area contributed by atoms with E-state index in [0.29, 0.717) is 9.96 Å². The van der Waals surface area contributed by atoms with Crippen LogP contribution in [0.1, 0.15) is 9.67 Å². The van der Waals surface area contributed by atoms with Gasteiger partial charge in [-0.25, -0.2) is 4.79 Å². The van der Waals surface area contributed by atoms with Crippen molar-refractivity contribution in [3.63, 3.8) is 0 Å². The average Bonchev–Trinajstić information content (AvgIpc) is 2.53. The number of thioether (sulfide) groups is 1. The molecule has 0 aromatic carbocycles. The number of carbonyl (C=O) groups excluding carboxylic acids is 1. The number of rotatable bonds is 4. The molecule has 0 aliphatic carbocycles. The van der Waals surface area contributed by atoms with Gasteiger partial charge in [0.1, 0.15) is 5.02 Å². The third-order valence-electron chi connectivity index (χ3n) is 1.50. The van der Waals surface area contributed by atoms with Crippen LogP contribution in [-0.4, -0.2) is 23.9 Å². The van der Waals surface area contributed by atoms with E-state index in [-0.39, 0.29) is 15.6 Å². The molecule has 0 unspecified atom stereocenters. The monoisotopic (exact) mass is 264 g/mol. The molecule has 1 heterocycles. The Bertz CT molecular complexity index is 387. The lowest BCUT2D eigenvalue weighted by atomic mass is 10.4. The van der Waals surface area contributed by atoms with Crippen LogP contribution in [0, 0.1) is 0 Å². The van der Waals surface area contributed by atoms with Gasteiger partial charge in [0.05, 0.1) is 11.3 Å². The second-order valence-corrected chi connectivity index (χ2v) is 5.16. The normalized spacial score (nSPS) is 10.0. The molecule has 0 saturated carbocycles. The summed E-state index contributed by atoms with van der Waals surface area (Å²) >= 11 is 8.38. The first-order valence-electron chi connectivity index (χ1n) is 3.95. The molecule has 0 aliphatic heterocycles. The van der Waals surface area contributed by atoms with Gasteiger partial charge in [-0.3, -0.25) is 0 Å². The van der Waals surface area contributed by atoms with Gasteiger partial charge in [-0.05, 0) is 0 Å². The van der Waals surface area contributed by atoms with Gasteiger partial charge in [-0.2, -0.15) is 0 Å². The van der Waals surface area contributed by atoms with Crippen LogP contribution >= 0.6 is 34.7 Å². The number of halogens is 1. The molecule has 0 fully saturated rings. The third-order valence-corrected chi connectivity index (χ3v) is 4.52. The lowest BCUT2D eigenvalue weighted by molar-refractivity contribution is 0.0603. The molecule has 6 heteroatoms. The summed E-state index contributed by atoms with van der Waals surface area (Å²) in [7, 11) is 1.26. The van der Waals surface area contributed by atoms with Crippen LogP contribution in [0.25, 0.3) is 0 Å². The number of methoxy groups -OCH3 is 1. The van der Waals surface area contributed by atoms with E-state index in [4.69, 9.17) is 11.6 Å². The number of ether oxygens (including phenoxy) is 1. The topological polar surface area (TPSA) is 46.5 Å². The molecule has 1 aromatic heterocycles. The van der Waals surface area contributed by atoms with E-state index in [2.05, 4.69) is 11.3 Å². The summed E-state index contributed by atoms with van der Waals surface area (Å²) in [5.41, 5.74) is 0. The van der Waals surface area contributed by atoms with E-state index < -0.39 is 5.97 Å². The van der Waals surface area contributed by atoms with E-state index in [1.807, 2.05) is 0 Å². The van der Waals surface area contributed by atoms with E-state index in [0.717, 1.165) is 11.3 Å². The number of aromatic hydroxyl groups is 1. The van der Waals surface area contributed by atoms with Gasteiger partial charge < -0.3 is 9.84 Å². The van der Waals surface area contributed by atoms with Gasteiger partial charge in [0.2, 0.25) is 0 Å². The summed E-state index contributed by atoms with van der Waals surface area (Å²) in [4.78, 5) is 11.3. The van der Waals surface area contributed by atoms with Crippen LogP contribution in [0.4, 0.5) is 0 Å². The van der Waals surface area contributed by atoms with Crippen molar-refractivity contribution in [1.29, 1.82) is 0 Å². The fourth-order valence-electron chi connectivity index (χ4n) is 0.841. The zero-order chi connectivity index (χ0) is 11.4. The second-order valence-electron chi connectivity index (χ2n) is 2.47. The highest BCUT2D eigenvalue weighted by atomic mass is 35.5. The zero-order valence-electron chi connectivity index (χ0n) is 7.95. The van der Waals surface area contributed by atoms with Crippen molar-refractivity contribution in [3.05, 3.63) is 22.6 Å². The molecule has 3 nitrogen and oxygen atoms in total. The van der Waals surface area contributed by atoms with Crippen LogP contribution in [-0.2, 0) is 4.74 Å². The number of carbonyl (C=O) groups is 1. The predicted molar refractivity (Wildman–Crippen MR) is 63.3 cm³/mol. The Kier molecular flexibility index (Phi) is 4.50. The summed E-state index contributed by atoms with van der Waals surface area (Å²) in [5.74, 6) is -0.120. The van der Waals surface area contributed by atoms with Gasteiger partial charge in [0.25, 0.3) is 0 Å². The van der Waals surface area contributed by atoms with Crippen LogP contribution in [0.2, 0.25) is 5.02 Å². The summed E-state index contributed by atoms with van der Waals surface area (Å²) in [6.07, 6.45) is 1.72. The molecular formula is C9H9ClO3S2. The summed E-state index contributed by atoms with van der Waals surface area (Å²) < 4.78 is 5.20. The molecule has 0 radical (unpaired) electrons. The minimum Gasteiger partial charge on any atom is -0.505 e. The number of hydrogen-bond acceptors (Lipinski definition) is 5. The Morgan fingerprint density at radius 3 is 3.00 bits per heavy atom. The predicted octanol–water partition coefficient (Wildman–Crippen LogP) is 3.17. The number of hydrogen-bond donors (Lipinski definition) is 1. The van der Waals surface area contributed by atoms with Crippen LogP contribution in [0.15, 0.2) is 16.9 Å². The minimum atomic E-state index is -0.579. The molecule has 1 N–H and O–H groups in total. The first-order chi connectivity index (χ1) is 7.11. The molecule has 15 heavy (non-hydrogen) atoms. The molecule has 0 atom stereocenters. The van der Waals surface area contributed by atoms with Gasteiger partial charge in [-0.15, -0.1) is 29.7 Å². The molecule has 1 aromatic rings. The standard InChI is InChI=1S/C9H9ClO3S2/c1-3-4-14-9-5(10)6(11)7(15-9)8(12)13-2/h3,11H,1,4H2,2H3. The maximum Gasteiger partial charge on any atom is 0.351 e. The lowest BCUT2D eigenvalue weighted by Crippen LogP contribution is -1.97. The Morgan fingerprint density at radius 2 is 2.47 bits per heavy atom. The Hall–Kier alpha value is -0.650. The highest BCUT2D eigenvalue weighted by Gasteiger charge is 2.21. The molecular weight excluding hydrogens is 256 g/mol. The molecule has 0 saturated heterocycles. The van der Waals surface area contributed by atoms with E-state index in [1.54, 1.807) is 6.08 Å². The zero-order valence-corrected chi connectivity index (χ0v) is 10.3. The minimum absolute atomic E-state index is 0.133. The smallest absolute Gasteiger partial charge is 0.351 e. The molecule has 0 bridgehead atoms. The highest BCUT2D eigenvalue weighted by Crippen LogP contribution is 2.44. The van der Waals surface area contributed by atoms with Crippen molar-refractivity contribution in [2.24, 2.45) is 0 Å². The maximum absolute atomic E-state index is 11.2. The number of esters is 1. The van der Waals surface area contributed by atoms with Gasteiger partial charge in [0.15, 0.2) is 10.6 Å². The van der Waals surface area contributed by atoms with Crippen LogP contribution < -0.4 is 0 Å². The molecule has 0 aliphatic rings. The van der Waals surface area contributed by atoms with Crippen LogP contribution in [0.5, 0.6) is 5.75 Å². The largest absolute Gasteiger partial charge is 0.505 e. The van der Waals surface area contributed by atoms with Gasteiger partial charge in [0, 0.05) is 5.75 Å². The summed E-state index contributed by atoms with van der Waals surface area (Å²) in [6.45, 7) is 3.57. The van der Waals surface area contributed by atoms with Crippen molar-refractivity contribution in [3.8, 4) is 5.75 Å². The molecule has 1 rings (SSSR count). The van der Waals surface area contributed by atoms with E-state index in [9.17, 15) is 9.90 Å². The summed E-state index contributed by atoms with van der Waals surface area (Å²) in [5, 5.41) is 9.76. The van der Waals surface area contributed by atoms with Crippen molar-refractivity contribution >= 4 is 40.7 Å². The molecule has 0 amide bonds. The first-order valence-corrected chi connectivity index (χ1v) is 6.13. The maximum atomic E-state index is 11.2. The Labute approximate surface area is 101 Å². The quantitative estimate of drug-likeness (QED) is 0.515. The van der Waals surface area contributed by atoms with Gasteiger partial charge >= 0.3 is 5.97 Å². The van der Waals surface area contributed by atoms with E-state index in [1.165, 1.54) is 18.9 Å². The number of thiophene rings is 1. The van der Waals surface area contributed by atoms with Crippen molar-refractivity contribution in [2.45, 2.75) is 4.21 Å². The SMILES string of the molecule is C=CCSc1sc(C(=O)OC)c(O)c1Cl. The Balaban J connectivity index is 3.00. The van der Waals surface area contributed by atoms with E-state index >= 15 is 0 Å². The van der Waals surface area contributed by atoms with Crippen molar-refractivity contribution in [1.82, 2.24) is 0 Å². The summed E-state index contributed by atoms with van der Waals surface area (Å²) in [6, 6.07) is 0. The Morgan fingerprint density at radius 1 is 1.80 bits per heavy atom. The lowest BCUT2D eigenvalue weighted by Gasteiger charge is -1.94. The molecule has 0 spiro atoms. The van der Waals surface area contributed by atoms with Crippen LogP contribution in [0.3, 0.4) is 0 Å². The van der Waals surface area contributed by atoms with Crippen molar-refractivity contribution < 1.29 is 14.6 Å². The van der Waals surface area contributed by atoms with Crippen molar-refractivity contribution in [2.75, 3.05) is 12.9 Å². The third kappa shape index (κ3) is 2.68. The fourth-order valence-corrected chi connectivity index (χ4v) is 3.19.